The third-order valence-electron chi connectivity index (χ3n) is 2.40. The molecule has 1 aliphatic rings. The van der Waals surface area contributed by atoms with E-state index in [4.69, 9.17) is 16.2 Å². The summed E-state index contributed by atoms with van der Waals surface area (Å²) in [4.78, 5) is 22.1. The second-order valence-corrected chi connectivity index (χ2v) is 4.13. The van der Waals surface area contributed by atoms with Crippen molar-refractivity contribution in [1.82, 2.24) is 5.32 Å². The molecule has 15 heavy (non-hydrogen) atoms. The number of amides is 2. The first-order valence-corrected chi connectivity index (χ1v) is 4.87. The molecule has 0 aliphatic carbocycles. The summed E-state index contributed by atoms with van der Waals surface area (Å²) in [6.07, 6.45) is 0.616. The smallest absolute Gasteiger partial charge is 0.237 e. The molecule has 1 fully saturated rings. The van der Waals surface area contributed by atoms with Gasteiger partial charge in [0.1, 0.15) is 0 Å². The Bertz CT molecular complexity index is 261. The van der Waals surface area contributed by atoms with E-state index in [2.05, 4.69) is 5.32 Å². The van der Waals surface area contributed by atoms with Crippen molar-refractivity contribution in [1.29, 1.82) is 0 Å². The van der Waals surface area contributed by atoms with E-state index in [1.54, 1.807) is 0 Å². The van der Waals surface area contributed by atoms with E-state index in [9.17, 15) is 9.59 Å². The standard InChI is InChI=1S/C9H17N3O3/c1-9(2-3-15-5-9)12-8(14)6(10)4-7(11)13/h6H,2-5,10H2,1H3,(H2,11,13)(H,12,14). The first kappa shape index (κ1) is 11.9. The molecule has 6 nitrogen and oxygen atoms in total. The van der Waals surface area contributed by atoms with Crippen molar-refractivity contribution in [2.75, 3.05) is 13.2 Å². The Labute approximate surface area is 88.3 Å². The first-order chi connectivity index (χ1) is 6.93. The second kappa shape index (κ2) is 4.59. The van der Waals surface area contributed by atoms with Gasteiger partial charge in [0.25, 0.3) is 0 Å². The maximum absolute atomic E-state index is 11.5. The summed E-state index contributed by atoms with van der Waals surface area (Å²) in [6, 6.07) is -0.875. The molecular formula is C9H17N3O3. The highest BCUT2D eigenvalue weighted by Gasteiger charge is 2.32. The molecule has 0 spiro atoms. The Morgan fingerprint density at radius 3 is 2.73 bits per heavy atom. The molecule has 6 heteroatoms. The van der Waals surface area contributed by atoms with Gasteiger partial charge in [0.05, 0.1) is 24.6 Å². The quantitative estimate of drug-likeness (QED) is 0.529. The fourth-order valence-electron chi connectivity index (χ4n) is 1.47. The Kier molecular flexibility index (Phi) is 3.65. The van der Waals surface area contributed by atoms with Crippen LogP contribution in [0.5, 0.6) is 0 Å². The highest BCUT2D eigenvalue weighted by molar-refractivity contribution is 5.87. The number of ether oxygens (including phenoxy) is 1. The predicted molar refractivity (Wildman–Crippen MR) is 53.8 cm³/mol. The molecule has 2 amide bonds. The molecule has 0 bridgehead atoms. The van der Waals surface area contributed by atoms with Crippen LogP contribution in [0.2, 0.25) is 0 Å². The number of nitrogens with two attached hydrogens (primary N) is 2. The third kappa shape index (κ3) is 3.49. The fraction of sp³-hybridized carbons (Fsp3) is 0.778. The summed E-state index contributed by atoms with van der Waals surface area (Å²) in [6.45, 7) is 2.98. The van der Waals surface area contributed by atoms with Crippen LogP contribution in [0, 0.1) is 0 Å². The van der Waals surface area contributed by atoms with Crippen LogP contribution >= 0.6 is 0 Å². The zero-order valence-electron chi connectivity index (χ0n) is 8.79. The van der Waals surface area contributed by atoms with Gasteiger partial charge in [0.15, 0.2) is 0 Å². The minimum Gasteiger partial charge on any atom is -0.379 e. The van der Waals surface area contributed by atoms with Gasteiger partial charge in [-0.3, -0.25) is 9.59 Å². The lowest BCUT2D eigenvalue weighted by atomic mass is 10.0. The van der Waals surface area contributed by atoms with Crippen molar-refractivity contribution in [2.24, 2.45) is 11.5 Å². The lowest BCUT2D eigenvalue weighted by Gasteiger charge is -2.25. The maximum Gasteiger partial charge on any atom is 0.237 e. The molecule has 5 N–H and O–H groups in total. The van der Waals surface area contributed by atoms with E-state index in [0.717, 1.165) is 6.42 Å². The van der Waals surface area contributed by atoms with Gasteiger partial charge in [-0.2, -0.15) is 0 Å². The molecule has 2 atom stereocenters. The number of hydrogen-bond acceptors (Lipinski definition) is 4. The minimum atomic E-state index is -0.875. The lowest BCUT2D eigenvalue weighted by Crippen LogP contribution is -2.53. The van der Waals surface area contributed by atoms with Crippen molar-refractivity contribution in [3.63, 3.8) is 0 Å². The summed E-state index contributed by atoms with van der Waals surface area (Å²) < 4.78 is 5.17. The van der Waals surface area contributed by atoms with E-state index in [0.29, 0.717) is 13.2 Å². The molecule has 0 saturated carbocycles. The molecule has 1 rings (SSSR count). The van der Waals surface area contributed by atoms with E-state index in [-0.39, 0.29) is 17.9 Å². The summed E-state index contributed by atoms with van der Waals surface area (Å²) in [5, 5.41) is 2.76. The summed E-state index contributed by atoms with van der Waals surface area (Å²) >= 11 is 0. The van der Waals surface area contributed by atoms with Gasteiger partial charge < -0.3 is 21.5 Å². The van der Waals surface area contributed by atoms with Crippen molar-refractivity contribution in [3.05, 3.63) is 0 Å². The average molecular weight is 215 g/mol. The van der Waals surface area contributed by atoms with Crippen LogP contribution in [0.1, 0.15) is 19.8 Å². The van der Waals surface area contributed by atoms with Crippen LogP contribution in [0.3, 0.4) is 0 Å². The Morgan fingerprint density at radius 2 is 2.27 bits per heavy atom. The SMILES string of the molecule is CC1(NC(=O)C(N)CC(N)=O)CCOC1. The lowest BCUT2D eigenvalue weighted by molar-refractivity contribution is -0.127. The van der Waals surface area contributed by atoms with Gasteiger partial charge >= 0.3 is 0 Å². The molecule has 0 aromatic carbocycles. The molecule has 0 aromatic rings. The van der Waals surface area contributed by atoms with Crippen LogP contribution in [0.4, 0.5) is 0 Å². The summed E-state index contributed by atoms with van der Waals surface area (Å²) in [5.74, 6) is -0.938. The normalized spacial score (nSPS) is 27.3. The third-order valence-corrected chi connectivity index (χ3v) is 2.40. The Morgan fingerprint density at radius 1 is 1.60 bits per heavy atom. The number of hydrogen-bond donors (Lipinski definition) is 3. The second-order valence-electron chi connectivity index (χ2n) is 4.13. The van der Waals surface area contributed by atoms with E-state index in [1.807, 2.05) is 6.92 Å². The van der Waals surface area contributed by atoms with Gasteiger partial charge in [0, 0.05) is 6.61 Å². The van der Waals surface area contributed by atoms with E-state index in [1.165, 1.54) is 0 Å². The maximum atomic E-state index is 11.5. The molecule has 1 aliphatic heterocycles. The molecule has 86 valence electrons. The van der Waals surface area contributed by atoms with Crippen LogP contribution in [0.25, 0.3) is 0 Å². The highest BCUT2D eigenvalue weighted by atomic mass is 16.5. The summed E-state index contributed by atoms with van der Waals surface area (Å²) in [5.41, 5.74) is 10.1. The molecular weight excluding hydrogens is 198 g/mol. The van der Waals surface area contributed by atoms with Crippen molar-refractivity contribution < 1.29 is 14.3 Å². The Hall–Kier alpha value is -1.14. The minimum absolute atomic E-state index is 0.136. The highest BCUT2D eigenvalue weighted by Crippen LogP contribution is 2.17. The Balaban J connectivity index is 2.43. The van der Waals surface area contributed by atoms with Gasteiger partial charge in [-0.05, 0) is 13.3 Å². The molecule has 1 saturated heterocycles. The van der Waals surface area contributed by atoms with Crippen LogP contribution in [-0.2, 0) is 14.3 Å². The zero-order valence-corrected chi connectivity index (χ0v) is 8.79. The van der Waals surface area contributed by atoms with E-state index >= 15 is 0 Å². The van der Waals surface area contributed by atoms with E-state index < -0.39 is 11.9 Å². The first-order valence-electron chi connectivity index (χ1n) is 4.87. The van der Waals surface area contributed by atoms with Gasteiger partial charge in [-0.15, -0.1) is 0 Å². The summed E-state index contributed by atoms with van der Waals surface area (Å²) in [7, 11) is 0. The fourth-order valence-corrected chi connectivity index (χ4v) is 1.47. The number of carbonyl (C=O) groups is 2. The van der Waals surface area contributed by atoms with Crippen molar-refractivity contribution in [2.45, 2.75) is 31.3 Å². The number of rotatable bonds is 4. The zero-order chi connectivity index (χ0) is 11.5. The van der Waals surface area contributed by atoms with Crippen LogP contribution in [-0.4, -0.2) is 36.6 Å². The monoisotopic (exact) mass is 215 g/mol. The van der Waals surface area contributed by atoms with Crippen molar-refractivity contribution >= 4 is 11.8 Å². The number of carbonyl (C=O) groups excluding carboxylic acids is 2. The van der Waals surface area contributed by atoms with Gasteiger partial charge in [0.2, 0.25) is 11.8 Å². The molecule has 0 aromatic heterocycles. The predicted octanol–water partition coefficient (Wildman–Crippen LogP) is -1.52. The largest absolute Gasteiger partial charge is 0.379 e. The van der Waals surface area contributed by atoms with Gasteiger partial charge in [-0.25, -0.2) is 0 Å². The average Bonchev–Trinajstić information content (AvgIpc) is 2.50. The molecule has 2 unspecified atom stereocenters. The van der Waals surface area contributed by atoms with Crippen molar-refractivity contribution in [3.8, 4) is 0 Å². The topological polar surface area (TPSA) is 107 Å². The number of primary amides is 1. The van der Waals surface area contributed by atoms with Crippen LogP contribution in [0.15, 0.2) is 0 Å². The molecule has 0 radical (unpaired) electrons. The van der Waals surface area contributed by atoms with Gasteiger partial charge in [-0.1, -0.05) is 0 Å². The van der Waals surface area contributed by atoms with Crippen LogP contribution < -0.4 is 16.8 Å². The molecule has 1 heterocycles. The number of nitrogens with one attached hydrogen (secondary N) is 1.